The molecule has 5 heteroatoms. The number of carbonyl (C=O) groups excluding carboxylic acids is 1. The van der Waals surface area contributed by atoms with Crippen LogP contribution in [0.3, 0.4) is 0 Å². The molecule has 0 heterocycles. The summed E-state index contributed by atoms with van der Waals surface area (Å²) in [6.45, 7) is 2.42. The lowest BCUT2D eigenvalue weighted by Crippen LogP contribution is -2.41. The fourth-order valence-corrected chi connectivity index (χ4v) is 1.28. The summed E-state index contributed by atoms with van der Waals surface area (Å²) in [7, 11) is -0.854. The zero-order chi connectivity index (χ0) is 10.3. The van der Waals surface area contributed by atoms with Gasteiger partial charge in [0.05, 0.1) is 6.04 Å². The highest BCUT2D eigenvalue weighted by molar-refractivity contribution is 7.84. The molecule has 0 aromatic heterocycles. The maximum absolute atomic E-state index is 11.2. The first kappa shape index (κ1) is 12.6. The van der Waals surface area contributed by atoms with Crippen LogP contribution in [0.2, 0.25) is 0 Å². The molecule has 3 N–H and O–H groups in total. The van der Waals surface area contributed by atoms with E-state index in [-0.39, 0.29) is 5.91 Å². The quantitative estimate of drug-likeness (QED) is 0.621. The summed E-state index contributed by atoms with van der Waals surface area (Å²) >= 11 is 0. The third kappa shape index (κ3) is 6.72. The number of nitrogens with one attached hydrogen (secondary N) is 1. The molecule has 0 rings (SSSR count). The number of amides is 1. The molecule has 1 amide bonds. The minimum atomic E-state index is -0.854. The lowest BCUT2D eigenvalue weighted by Gasteiger charge is -2.10. The minimum absolute atomic E-state index is 0.146. The molecule has 2 atom stereocenters. The van der Waals surface area contributed by atoms with E-state index < -0.39 is 16.8 Å². The first-order valence-electron chi connectivity index (χ1n) is 4.41. The Kier molecular flexibility index (Phi) is 6.80. The first-order valence-corrected chi connectivity index (χ1v) is 6.14. The Balaban J connectivity index is 3.55. The zero-order valence-corrected chi connectivity index (χ0v) is 9.02. The van der Waals surface area contributed by atoms with E-state index in [1.807, 2.05) is 6.92 Å². The third-order valence-electron chi connectivity index (χ3n) is 1.63. The third-order valence-corrected chi connectivity index (χ3v) is 2.40. The molecule has 13 heavy (non-hydrogen) atoms. The van der Waals surface area contributed by atoms with Gasteiger partial charge in [0.25, 0.3) is 0 Å². The fraction of sp³-hybridized carbons (Fsp3) is 0.875. The highest BCUT2D eigenvalue weighted by atomic mass is 32.2. The van der Waals surface area contributed by atoms with Gasteiger partial charge in [-0.1, -0.05) is 13.3 Å². The summed E-state index contributed by atoms with van der Waals surface area (Å²) in [6, 6.07) is -0.421. The van der Waals surface area contributed by atoms with Crippen LogP contribution in [-0.4, -0.2) is 34.7 Å². The van der Waals surface area contributed by atoms with Crippen molar-refractivity contribution in [3.8, 4) is 0 Å². The van der Waals surface area contributed by atoms with Crippen LogP contribution in [0.15, 0.2) is 0 Å². The summed E-state index contributed by atoms with van der Waals surface area (Å²) in [6.07, 6.45) is 3.20. The highest BCUT2D eigenvalue weighted by Crippen LogP contribution is 1.92. The van der Waals surface area contributed by atoms with Gasteiger partial charge in [-0.2, -0.15) is 0 Å². The second-order valence-corrected chi connectivity index (χ2v) is 4.52. The van der Waals surface area contributed by atoms with Crippen LogP contribution in [0.4, 0.5) is 0 Å². The van der Waals surface area contributed by atoms with Gasteiger partial charge in [0.15, 0.2) is 0 Å². The van der Waals surface area contributed by atoms with E-state index in [0.717, 1.165) is 6.42 Å². The van der Waals surface area contributed by atoms with E-state index in [0.29, 0.717) is 18.7 Å². The molecule has 0 aromatic carbocycles. The van der Waals surface area contributed by atoms with E-state index in [2.05, 4.69) is 5.32 Å². The van der Waals surface area contributed by atoms with E-state index in [1.54, 1.807) is 6.26 Å². The Bertz CT molecular complexity index is 185. The van der Waals surface area contributed by atoms with Crippen molar-refractivity contribution >= 4 is 16.7 Å². The van der Waals surface area contributed by atoms with E-state index in [4.69, 9.17) is 5.73 Å². The van der Waals surface area contributed by atoms with Crippen molar-refractivity contribution in [2.45, 2.75) is 25.8 Å². The summed E-state index contributed by atoms with van der Waals surface area (Å²) < 4.78 is 10.6. The van der Waals surface area contributed by atoms with Crippen LogP contribution < -0.4 is 11.1 Å². The number of rotatable bonds is 6. The molecule has 0 spiro atoms. The lowest BCUT2D eigenvalue weighted by atomic mass is 10.2. The van der Waals surface area contributed by atoms with E-state index in [1.165, 1.54) is 0 Å². The van der Waals surface area contributed by atoms with Crippen LogP contribution in [0.5, 0.6) is 0 Å². The molecule has 0 aliphatic heterocycles. The van der Waals surface area contributed by atoms with Gasteiger partial charge >= 0.3 is 0 Å². The van der Waals surface area contributed by atoms with Crippen molar-refractivity contribution in [2.24, 2.45) is 5.73 Å². The van der Waals surface area contributed by atoms with Crippen molar-refractivity contribution in [1.29, 1.82) is 0 Å². The van der Waals surface area contributed by atoms with Gasteiger partial charge in [0, 0.05) is 29.4 Å². The number of carbonyl (C=O) groups is 1. The summed E-state index contributed by atoms with van der Waals surface area (Å²) in [5.41, 5.74) is 5.56. The predicted octanol–water partition coefficient (Wildman–Crippen LogP) is -0.391. The molecule has 0 radical (unpaired) electrons. The minimum Gasteiger partial charge on any atom is -0.354 e. The van der Waals surface area contributed by atoms with Gasteiger partial charge in [-0.3, -0.25) is 9.00 Å². The second-order valence-electron chi connectivity index (χ2n) is 2.96. The van der Waals surface area contributed by atoms with Crippen molar-refractivity contribution in [1.82, 2.24) is 5.32 Å². The molecule has 0 fully saturated rings. The monoisotopic (exact) mass is 206 g/mol. The second kappa shape index (κ2) is 7.03. The van der Waals surface area contributed by atoms with Crippen molar-refractivity contribution in [2.75, 3.05) is 18.6 Å². The van der Waals surface area contributed by atoms with Gasteiger partial charge in [-0.05, 0) is 6.42 Å². The topological polar surface area (TPSA) is 72.2 Å². The standard InChI is InChI=1S/C8H18N2O2S/c1-3-4-7(9)8(11)10-5-6-13(2)12/h7H,3-6,9H2,1-2H3,(H,10,11)/t7-,13?/m1/s1. The normalized spacial score (nSPS) is 15.0. The number of hydrogen-bond donors (Lipinski definition) is 2. The average Bonchev–Trinajstić information content (AvgIpc) is 2.04. The molecule has 4 nitrogen and oxygen atoms in total. The molecular weight excluding hydrogens is 188 g/mol. The highest BCUT2D eigenvalue weighted by Gasteiger charge is 2.10. The maximum Gasteiger partial charge on any atom is 0.236 e. The molecule has 0 aromatic rings. The largest absolute Gasteiger partial charge is 0.354 e. The molecule has 0 aliphatic rings. The lowest BCUT2D eigenvalue weighted by molar-refractivity contribution is -0.122. The van der Waals surface area contributed by atoms with Gasteiger partial charge in [0.1, 0.15) is 0 Å². The fourth-order valence-electron chi connectivity index (χ4n) is 0.891. The van der Waals surface area contributed by atoms with Gasteiger partial charge in [0.2, 0.25) is 5.91 Å². The average molecular weight is 206 g/mol. The van der Waals surface area contributed by atoms with Crippen LogP contribution in [0.25, 0.3) is 0 Å². The molecule has 0 bridgehead atoms. The van der Waals surface area contributed by atoms with Crippen LogP contribution in [0.1, 0.15) is 19.8 Å². The Labute approximate surface area is 81.7 Å². The van der Waals surface area contributed by atoms with Gasteiger partial charge in [-0.15, -0.1) is 0 Å². The molecule has 0 saturated carbocycles. The molecule has 1 unspecified atom stereocenters. The van der Waals surface area contributed by atoms with Crippen LogP contribution in [0, 0.1) is 0 Å². The van der Waals surface area contributed by atoms with Crippen LogP contribution >= 0.6 is 0 Å². The Morgan fingerprint density at radius 2 is 2.23 bits per heavy atom. The number of nitrogens with two attached hydrogens (primary N) is 1. The maximum atomic E-state index is 11.2. The zero-order valence-electron chi connectivity index (χ0n) is 8.21. The summed E-state index contributed by atoms with van der Waals surface area (Å²) in [4.78, 5) is 11.2. The predicted molar refractivity (Wildman–Crippen MR) is 54.8 cm³/mol. The molecule has 0 saturated heterocycles. The number of hydrogen-bond acceptors (Lipinski definition) is 3. The summed E-state index contributed by atoms with van der Waals surface area (Å²) in [5.74, 6) is 0.345. The van der Waals surface area contributed by atoms with E-state index >= 15 is 0 Å². The van der Waals surface area contributed by atoms with Crippen LogP contribution in [-0.2, 0) is 15.6 Å². The molecular formula is C8H18N2O2S. The molecule has 78 valence electrons. The smallest absolute Gasteiger partial charge is 0.236 e. The van der Waals surface area contributed by atoms with Crippen molar-refractivity contribution in [3.05, 3.63) is 0 Å². The SMILES string of the molecule is CCC[C@@H](N)C(=O)NCCS(C)=O. The Morgan fingerprint density at radius 1 is 1.62 bits per heavy atom. The Hall–Kier alpha value is -0.420. The summed E-state index contributed by atoms with van der Waals surface area (Å²) in [5, 5.41) is 2.64. The van der Waals surface area contributed by atoms with Crippen molar-refractivity contribution in [3.63, 3.8) is 0 Å². The first-order chi connectivity index (χ1) is 6.07. The van der Waals surface area contributed by atoms with Gasteiger partial charge < -0.3 is 11.1 Å². The van der Waals surface area contributed by atoms with Crippen molar-refractivity contribution < 1.29 is 9.00 Å². The molecule has 0 aliphatic carbocycles. The Morgan fingerprint density at radius 3 is 2.69 bits per heavy atom. The van der Waals surface area contributed by atoms with Gasteiger partial charge in [-0.25, -0.2) is 0 Å². The van der Waals surface area contributed by atoms with E-state index in [9.17, 15) is 9.00 Å².